The predicted molar refractivity (Wildman–Crippen MR) is 133 cm³/mol. The summed E-state index contributed by atoms with van der Waals surface area (Å²) in [6, 6.07) is 0. The molecule has 0 aliphatic carbocycles. The third-order valence-corrected chi connectivity index (χ3v) is 7.71. The van der Waals surface area contributed by atoms with Gasteiger partial charge in [0.25, 0.3) is 0 Å². The van der Waals surface area contributed by atoms with Crippen molar-refractivity contribution in [2.75, 3.05) is 26.4 Å². The Hall–Kier alpha value is -0.660. The molecule has 8 N–H and O–H groups in total. The SMILES string of the molecule is CCCC(CCC)(CO[C@@H]1O[C@H](CO)[C@H](O)[C@H](OS(=O)(=O)O)[C@H]1O)CO[C@@H]1O[C@H](CO)[C@H](O)[C@H](OS(=O)(=O)O)[C@H]1O. The Morgan fingerprint density at radius 2 is 1.00 bits per heavy atom. The third-order valence-electron chi connectivity index (χ3n) is 6.78. The van der Waals surface area contributed by atoms with Gasteiger partial charge in [-0.05, 0) is 12.8 Å². The maximum absolute atomic E-state index is 11.2. The van der Waals surface area contributed by atoms with E-state index in [1.165, 1.54) is 0 Å². The van der Waals surface area contributed by atoms with Gasteiger partial charge >= 0.3 is 20.8 Å². The largest absolute Gasteiger partial charge is 0.397 e. The molecule has 18 nitrogen and oxygen atoms in total. The topological polar surface area (TPSA) is 285 Å². The van der Waals surface area contributed by atoms with Gasteiger partial charge in [0, 0.05) is 5.41 Å². The normalized spacial score (nSPS) is 35.5. The first-order valence-corrected chi connectivity index (χ1v) is 15.5. The lowest BCUT2D eigenvalue weighted by Gasteiger charge is -2.44. The van der Waals surface area contributed by atoms with E-state index in [0.717, 1.165) is 0 Å². The van der Waals surface area contributed by atoms with Crippen LogP contribution in [-0.4, -0.2) is 144 Å². The molecular weight excluding hydrogens is 604 g/mol. The summed E-state index contributed by atoms with van der Waals surface area (Å²) in [7, 11) is -10.3. The molecule has 244 valence electrons. The first-order valence-electron chi connectivity index (χ1n) is 12.8. The Labute approximate surface area is 237 Å². The van der Waals surface area contributed by atoms with E-state index in [9.17, 15) is 47.5 Å². The molecule has 20 heteroatoms. The zero-order chi connectivity index (χ0) is 31.2. The number of aliphatic hydroxyl groups is 6. The fourth-order valence-corrected chi connectivity index (χ4v) is 5.94. The Kier molecular flexibility index (Phi) is 13.7. The second kappa shape index (κ2) is 15.4. The summed E-state index contributed by atoms with van der Waals surface area (Å²) >= 11 is 0. The van der Waals surface area contributed by atoms with Crippen molar-refractivity contribution in [3.8, 4) is 0 Å². The minimum absolute atomic E-state index is 0.247. The molecule has 2 rings (SSSR count). The lowest BCUT2D eigenvalue weighted by Crippen LogP contribution is -2.61. The smallest absolute Gasteiger partial charge is 0.394 e. The van der Waals surface area contributed by atoms with Crippen LogP contribution in [0.4, 0.5) is 0 Å². The van der Waals surface area contributed by atoms with E-state index in [1.807, 2.05) is 13.8 Å². The molecule has 0 bridgehead atoms. The van der Waals surface area contributed by atoms with Crippen LogP contribution in [0.3, 0.4) is 0 Å². The summed E-state index contributed by atoms with van der Waals surface area (Å²) in [5, 5.41) is 60.7. The van der Waals surface area contributed by atoms with Crippen LogP contribution in [0, 0.1) is 5.41 Å². The Balaban J connectivity index is 2.24. The van der Waals surface area contributed by atoms with Gasteiger partial charge in [-0.1, -0.05) is 26.7 Å². The van der Waals surface area contributed by atoms with Crippen molar-refractivity contribution in [2.45, 2.75) is 101 Å². The molecule has 0 spiro atoms. The molecule has 2 heterocycles. The molecule has 0 aromatic heterocycles. The maximum atomic E-state index is 11.2. The zero-order valence-electron chi connectivity index (χ0n) is 22.4. The highest BCUT2D eigenvalue weighted by atomic mass is 32.3. The number of aliphatic hydroxyl groups excluding tert-OH is 6. The average molecular weight is 645 g/mol. The van der Waals surface area contributed by atoms with Crippen LogP contribution >= 0.6 is 0 Å². The quantitative estimate of drug-likeness (QED) is 0.0770. The third kappa shape index (κ3) is 10.2. The van der Waals surface area contributed by atoms with Gasteiger partial charge in [0.2, 0.25) is 0 Å². The lowest BCUT2D eigenvalue weighted by molar-refractivity contribution is -0.315. The summed E-state index contributed by atoms with van der Waals surface area (Å²) in [6.45, 7) is 1.54. The van der Waals surface area contributed by atoms with Crippen LogP contribution in [0.1, 0.15) is 39.5 Å². The number of hydrogen-bond donors (Lipinski definition) is 8. The molecule has 41 heavy (non-hydrogen) atoms. The number of rotatable bonds is 16. The summed E-state index contributed by atoms with van der Waals surface area (Å²) in [5.74, 6) is 0. The minimum Gasteiger partial charge on any atom is -0.394 e. The average Bonchev–Trinajstić information content (AvgIpc) is 2.87. The first kappa shape index (κ1) is 36.5. The molecule has 0 saturated carbocycles. The number of ether oxygens (including phenoxy) is 4. The molecule has 2 aliphatic heterocycles. The van der Waals surface area contributed by atoms with Crippen LogP contribution in [0.5, 0.6) is 0 Å². The van der Waals surface area contributed by atoms with E-state index in [0.29, 0.717) is 25.7 Å². The van der Waals surface area contributed by atoms with Crippen LogP contribution < -0.4 is 0 Å². The van der Waals surface area contributed by atoms with E-state index in [-0.39, 0.29) is 13.2 Å². The van der Waals surface area contributed by atoms with E-state index < -0.39 is 101 Å². The van der Waals surface area contributed by atoms with Crippen molar-refractivity contribution >= 4 is 20.8 Å². The van der Waals surface area contributed by atoms with Crippen LogP contribution in [0.25, 0.3) is 0 Å². The van der Waals surface area contributed by atoms with Crippen molar-refractivity contribution in [1.82, 2.24) is 0 Å². The highest BCUT2D eigenvalue weighted by molar-refractivity contribution is 7.81. The van der Waals surface area contributed by atoms with Crippen LogP contribution in [0.2, 0.25) is 0 Å². The summed E-state index contributed by atoms with van der Waals surface area (Å²) in [5.41, 5.74) is -0.913. The van der Waals surface area contributed by atoms with Crippen molar-refractivity contribution in [2.24, 2.45) is 5.41 Å². The highest BCUT2D eigenvalue weighted by Gasteiger charge is 2.50. The van der Waals surface area contributed by atoms with Crippen molar-refractivity contribution in [3.05, 3.63) is 0 Å². The van der Waals surface area contributed by atoms with Gasteiger partial charge in [0.1, 0.15) is 48.8 Å². The van der Waals surface area contributed by atoms with Gasteiger partial charge in [0.15, 0.2) is 12.6 Å². The van der Waals surface area contributed by atoms with Gasteiger partial charge in [-0.25, -0.2) is 8.37 Å². The van der Waals surface area contributed by atoms with E-state index >= 15 is 0 Å². The molecule has 0 amide bonds. The molecule has 10 atom stereocenters. The van der Waals surface area contributed by atoms with Crippen LogP contribution in [0.15, 0.2) is 0 Å². The van der Waals surface area contributed by atoms with Crippen LogP contribution in [-0.2, 0) is 48.1 Å². The molecule has 2 aliphatic rings. The standard InChI is InChI=1S/C21H40O18S2/c1-3-5-21(6-4-2,9-34-19-15(26)17(38-40(28,29)30)13(24)11(7-22)36-19)10-35-20-16(27)18(39-41(31,32)33)14(25)12(8-23)37-20/h11-20,22-27H,3-10H2,1-2H3,(H,28,29,30)(H,31,32,33)/t11-,12-,13+,14+,15-,16-,17+,18+,19-,20-/m1/s1. The number of hydrogen-bond acceptors (Lipinski definition) is 16. The lowest BCUT2D eigenvalue weighted by atomic mass is 9.80. The van der Waals surface area contributed by atoms with Gasteiger partial charge in [0.05, 0.1) is 26.4 Å². The van der Waals surface area contributed by atoms with Gasteiger partial charge in [-0.15, -0.1) is 0 Å². The Morgan fingerprint density at radius 3 is 1.27 bits per heavy atom. The molecule has 0 unspecified atom stereocenters. The van der Waals surface area contributed by atoms with Crippen molar-refractivity contribution in [3.63, 3.8) is 0 Å². The minimum atomic E-state index is -5.13. The van der Waals surface area contributed by atoms with E-state index in [2.05, 4.69) is 8.37 Å². The van der Waals surface area contributed by atoms with E-state index in [1.54, 1.807) is 0 Å². The maximum Gasteiger partial charge on any atom is 0.397 e. The summed E-state index contributed by atoms with van der Waals surface area (Å²) in [6.07, 6.45) is -15.7. The molecule has 2 saturated heterocycles. The Morgan fingerprint density at radius 1 is 0.659 bits per heavy atom. The van der Waals surface area contributed by atoms with Crippen molar-refractivity contribution in [1.29, 1.82) is 0 Å². The molecule has 0 aromatic carbocycles. The molecule has 0 aromatic rings. The zero-order valence-corrected chi connectivity index (χ0v) is 24.0. The Bertz CT molecular complexity index is 928. The summed E-state index contributed by atoms with van der Waals surface area (Å²) in [4.78, 5) is 0. The summed E-state index contributed by atoms with van der Waals surface area (Å²) < 4.78 is 94.1. The van der Waals surface area contributed by atoms with Gasteiger partial charge < -0.3 is 49.6 Å². The predicted octanol–water partition coefficient (Wildman–Crippen LogP) is -3.14. The van der Waals surface area contributed by atoms with Gasteiger partial charge in [-0.3, -0.25) is 9.11 Å². The van der Waals surface area contributed by atoms with E-state index in [4.69, 9.17) is 28.1 Å². The molecule has 2 fully saturated rings. The second-order valence-corrected chi connectivity index (χ2v) is 12.1. The van der Waals surface area contributed by atoms with Gasteiger partial charge in [-0.2, -0.15) is 16.8 Å². The fourth-order valence-electron chi connectivity index (χ4n) is 4.92. The monoisotopic (exact) mass is 644 g/mol. The second-order valence-electron chi connectivity index (χ2n) is 10.0. The molecule has 0 radical (unpaired) electrons. The molecular formula is C21H40O18S2. The highest BCUT2D eigenvalue weighted by Crippen LogP contribution is 2.35. The van der Waals surface area contributed by atoms with Crippen molar-refractivity contribution < 1.29 is 83.9 Å². The fraction of sp³-hybridized carbons (Fsp3) is 1.00. The first-order chi connectivity index (χ1) is 19.0.